The Morgan fingerprint density at radius 1 is 0.758 bits per heavy atom. The van der Waals surface area contributed by atoms with Gasteiger partial charge in [0.15, 0.2) is 0 Å². The zero-order chi connectivity index (χ0) is 23.2. The van der Waals surface area contributed by atoms with Crippen LogP contribution in [0, 0.1) is 20.2 Å². The molecule has 4 rings (SSSR count). The van der Waals surface area contributed by atoms with Gasteiger partial charge in [-0.15, -0.1) is 0 Å². The van der Waals surface area contributed by atoms with Crippen LogP contribution < -0.4 is 10.6 Å². The summed E-state index contributed by atoms with van der Waals surface area (Å²) in [5.74, 6) is 0. The van der Waals surface area contributed by atoms with Gasteiger partial charge in [0.05, 0.1) is 23.1 Å². The minimum absolute atomic E-state index is 0.00748. The fourth-order valence-electron chi connectivity index (χ4n) is 4.05. The van der Waals surface area contributed by atoms with Gasteiger partial charge in [0.25, 0.3) is 11.4 Å². The second-order valence-corrected chi connectivity index (χ2v) is 7.90. The van der Waals surface area contributed by atoms with Crippen molar-refractivity contribution in [1.82, 2.24) is 10.6 Å². The maximum Gasteiger partial charge on any atom is 0.269 e. The normalized spacial score (nSPS) is 22.9. The van der Waals surface area contributed by atoms with Gasteiger partial charge in [0.1, 0.15) is 24.4 Å². The van der Waals surface area contributed by atoms with Gasteiger partial charge in [0, 0.05) is 50.4 Å². The summed E-state index contributed by atoms with van der Waals surface area (Å²) < 4.78 is 18.6. The Morgan fingerprint density at radius 3 is 1.45 bits per heavy atom. The lowest BCUT2D eigenvalue weighted by Crippen LogP contribution is -2.46. The van der Waals surface area contributed by atoms with Crippen molar-refractivity contribution in [2.24, 2.45) is 0 Å². The predicted molar refractivity (Wildman–Crippen MR) is 118 cm³/mol. The Hall–Kier alpha value is -2.96. The molecule has 2 aromatic rings. The van der Waals surface area contributed by atoms with Crippen LogP contribution in [0.25, 0.3) is 0 Å². The first-order chi connectivity index (χ1) is 16.0. The van der Waals surface area contributed by atoms with Crippen LogP contribution in [0.1, 0.15) is 23.3 Å². The fraction of sp³-hybridized carbons (Fsp3) is 0.455. The molecule has 2 aromatic carbocycles. The Labute approximate surface area is 190 Å². The second-order valence-electron chi connectivity index (χ2n) is 7.90. The SMILES string of the molecule is O=[N+]([O-])c1ccc(C(OC(c2ccc([N+](=O)[O-])cc2)C2CNCCO2)C2CNCCO2)cc1. The van der Waals surface area contributed by atoms with Crippen LogP contribution in [0.4, 0.5) is 11.4 Å². The van der Waals surface area contributed by atoms with Crippen molar-refractivity contribution < 1.29 is 24.1 Å². The van der Waals surface area contributed by atoms with Crippen molar-refractivity contribution in [2.45, 2.75) is 24.4 Å². The molecular formula is C22H26N4O7. The lowest BCUT2D eigenvalue weighted by Gasteiger charge is -2.37. The van der Waals surface area contributed by atoms with Crippen molar-refractivity contribution >= 4 is 11.4 Å². The number of morpholine rings is 2. The molecule has 33 heavy (non-hydrogen) atoms. The molecule has 11 heteroatoms. The predicted octanol–water partition coefficient (Wildman–Crippen LogP) is 2.28. The number of nitro benzene ring substituents is 2. The standard InChI is InChI=1S/C22H26N4O7/c27-25(28)17-5-1-15(2-6-17)21(19-13-23-9-11-31-19)33-22(20-14-24-10-12-32-20)16-3-7-18(8-4-16)26(29)30/h1-8,19-24H,9-14H2. The summed E-state index contributed by atoms with van der Waals surface area (Å²) in [5, 5.41) is 28.8. The quantitative estimate of drug-likeness (QED) is 0.450. The van der Waals surface area contributed by atoms with Crippen molar-refractivity contribution in [1.29, 1.82) is 0 Å². The summed E-state index contributed by atoms with van der Waals surface area (Å²) in [6.07, 6.45) is -1.72. The van der Waals surface area contributed by atoms with Crippen molar-refractivity contribution in [3.8, 4) is 0 Å². The topological polar surface area (TPSA) is 138 Å². The van der Waals surface area contributed by atoms with E-state index in [9.17, 15) is 20.2 Å². The van der Waals surface area contributed by atoms with Crippen LogP contribution in [0.15, 0.2) is 48.5 Å². The summed E-state index contributed by atoms with van der Waals surface area (Å²) in [6.45, 7) is 3.59. The first kappa shape index (κ1) is 23.2. The maximum absolute atomic E-state index is 11.1. The zero-order valence-corrected chi connectivity index (χ0v) is 17.9. The Kier molecular flexibility index (Phi) is 7.57. The van der Waals surface area contributed by atoms with Gasteiger partial charge in [-0.25, -0.2) is 0 Å². The smallest absolute Gasteiger partial charge is 0.269 e. The molecule has 2 fully saturated rings. The molecule has 0 amide bonds. The number of nitrogens with zero attached hydrogens (tertiary/aromatic N) is 2. The monoisotopic (exact) mass is 458 g/mol. The van der Waals surface area contributed by atoms with Gasteiger partial charge in [-0.1, -0.05) is 0 Å². The summed E-state index contributed by atoms with van der Waals surface area (Å²) in [7, 11) is 0. The zero-order valence-electron chi connectivity index (χ0n) is 17.9. The highest BCUT2D eigenvalue weighted by atomic mass is 16.6. The van der Waals surface area contributed by atoms with Gasteiger partial charge in [0.2, 0.25) is 0 Å². The number of hydrogen-bond donors (Lipinski definition) is 2. The van der Waals surface area contributed by atoms with Crippen LogP contribution in [0.3, 0.4) is 0 Å². The molecular weight excluding hydrogens is 432 g/mol. The Balaban J connectivity index is 1.66. The Bertz CT molecular complexity index is 865. The molecule has 2 heterocycles. The number of nitro groups is 2. The van der Waals surface area contributed by atoms with E-state index >= 15 is 0 Å². The highest BCUT2D eigenvalue weighted by molar-refractivity contribution is 5.36. The number of nitrogens with one attached hydrogen (secondary N) is 2. The molecule has 4 unspecified atom stereocenters. The van der Waals surface area contributed by atoms with Crippen LogP contribution in [0.2, 0.25) is 0 Å². The molecule has 4 atom stereocenters. The van der Waals surface area contributed by atoms with Crippen LogP contribution in [-0.4, -0.2) is 61.4 Å². The summed E-state index contributed by atoms with van der Waals surface area (Å²) in [6, 6.07) is 12.5. The van der Waals surface area contributed by atoms with Gasteiger partial charge in [-0.3, -0.25) is 20.2 Å². The number of rotatable bonds is 8. The van der Waals surface area contributed by atoms with E-state index in [0.29, 0.717) is 26.3 Å². The Morgan fingerprint density at radius 2 is 1.15 bits per heavy atom. The lowest BCUT2D eigenvalue weighted by atomic mass is 9.99. The second kappa shape index (κ2) is 10.8. The van der Waals surface area contributed by atoms with E-state index in [-0.39, 0.29) is 23.6 Å². The molecule has 2 aliphatic rings. The van der Waals surface area contributed by atoms with Gasteiger partial charge in [-0.05, 0) is 35.4 Å². The molecule has 0 aromatic heterocycles. The van der Waals surface area contributed by atoms with E-state index in [2.05, 4.69) is 10.6 Å². The first-order valence-corrected chi connectivity index (χ1v) is 10.8. The molecule has 2 saturated heterocycles. The summed E-state index contributed by atoms with van der Waals surface area (Å²) in [4.78, 5) is 21.3. The highest BCUT2D eigenvalue weighted by Crippen LogP contribution is 2.35. The number of ether oxygens (including phenoxy) is 3. The molecule has 0 bridgehead atoms. The van der Waals surface area contributed by atoms with E-state index in [1.807, 2.05) is 0 Å². The third-order valence-electron chi connectivity index (χ3n) is 5.75. The van der Waals surface area contributed by atoms with E-state index in [0.717, 1.165) is 24.2 Å². The number of hydrogen-bond acceptors (Lipinski definition) is 9. The fourth-order valence-corrected chi connectivity index (χ4v) is 4.05. The molecule has 2 aliphatic heterocycles. The molecule has 11 nitrogen and oxygen atoms in total. The van der Waals surface area contributed by atoms with E-state index < -0.39 is 22.1 Å². The van der Waals surface area contributed by atoms with Gasteiger partial charge in [-0.2, -0.15) is 0 Å². The molecule has 0 spiro atoms. The van der Waals surface area contributed by atoms with Crippen molar-refractivity contribution in [3.63, 3.8) is 0 Å². The third kappa shape index (κ3) is 5.70. The van der Waals surface area contributed by atoms with Crippen molar-refractivity contribution in [3.05, 3.63) is 79.9 Å². The summed E-state index contributed by atoms with van der Waals surface area (Å²) in [5.41, 5.74) is 1.47. The third-order valence-corrected chi connectivity index (χ3v) is 5.75. The van der Waals surface area contributed by atoms with E-state index in [1.54, 1.807) is 24.3 Å². The average molecular weight is 458 g/mol. The van der Waals surface area contributed by atoms with Crippen LogP contribution in [-0.2, 0) is 14.2 Å². The van der Waals surface area contributed by atoms with Crippen LogP contribution >= 0.6 is 0 Å². The number of non-ortho nitro benzene ring substituents is 2. The van der Waals surface area contributed by atoms with E-state index in [4.69, 9.17) is 14.2 Å². The number of benzene rings is 2. The molecule has 0 aliphatic carbocycles. The molecule has 0 saturated carbocycles. The molecule has 2 N–H and O–H groups in total. The van der Waals surface area contributed by atoms with Gasteiger partial charge >= 0.3 is 0 Å². The molecule has 176 valence electrons. The lowest BCUT2D eigenvalue weighted by molar-refractivity contribution is -0.385. The first-order valence-electron chi connectivity index (χ1n) is 10.8. The average Bonchev–Trinajstić information content (AvgIpc) is 2.86. The molecule has 0 radical (unpaired) electrons. The minimum atomic E-state index is -0.538. The minimum Gasteiger partial charge on any atom is -0.372 e. The summed E-state index contributed by atoms with van der Waals surface area (Å²) >= 11 is 0. The maximum atomic E-state index is 11.1. The largest absolute Gasteiger partial charge is 0.372 e. The van der Waals surface area contributed by atoms with Gasteiger partial charge < -0.3 is 24.8 Å². The highest BCUT2D eigenvalue weighted by Gasteiger charge is 2.35. The van der Waals surface area contributed by atoms with E-state index in [1.165, 1.54) is 24.3 Å². The van der Waals surface area contributed by atoms with Crippen molar-refractivity contribution in [2.75, 3.05) is 39.4 Å². The van der Waals surface area contributed by atoms with Crippen LogP contribution in [0.5, 0.6) is 0 Å².